The van der Waals surface area contributed by atoms with Crippen LogP contribution in [-0.2, 0) is 17.8 Å². The highest BCUT2D eigenvalue weighted by molar-refractivity contribution is 7.18. The smallest absolute Gasteiger partial charge is 0.311 e. The largest absolute Gasteiger partial charge is 0.481 e. The van der Waals surface area contributed by atoms with Crippen LogP contribution in [0.15, 0.2) is 11.1 Å². The lowest BCUT2D eigenvalue weighted by Crippen LogP contribution is -2.24. The molecular formula is C14H16N2O4S. The number of thiophene rings is 1. The number of fused-ring (bicyclic) bond motifs is 3. The summed E-state index contributed by atoms with van der Waals surface area (Å²) in [6.07, 6.45) is 4.17. The van der Waals surface area contributed by atoms with E-state index in [-0.39, 0.29) is 12.2 Å². The Morgan fingerprint density at radius 1 is 1.52 bits per heavy atom. The summed E-state index contributed by atoms with van der Waals surface area (Å²) >= 11 is 1.43. The van der Waals surface area contributed by atoms with Gasteiger partial charge in [-0.15, -0.1) is 11.3 Å². The number of aromatic nitrogens is 2. The predicted molar refractivity (Wildman–Crippen MR) is 78.9 cm³/mol. The number of carboxylic acids is 1. The fourth-order valence-electron chi connectivity index (χ4n) is 2.91. The molecule has 3 rings (SSSR count). The van der Waals surface area contributed by atoms with Gasteiger partial charge in [0.15, 0.2) is 0 Å². The summed E-state index contributed by atoms with van der Waals surface area (Å²) in [5.74, 6) is -1.48. The van der Waals surface area contributed by atoms with Crippen molar-refractivity contribution in [3.8, 4) is 0 Å². The molecule has 2 aromatic rings. The van der Waals surface area contributed by atoms with Gasteiger partial charge in [0, 0.05) is 18.0 Å². The first kappa shape index (κ1) is 14.2. The fourth-order valence-corrected chi connectivity index (χ4v) is 4.14. The number of nitrogens with zero attached hydrogens (tertiary/aromatic N) is 2. The standard InChI is InChI=1S/C14H16N2O4S/c17-6-2-5-16-7-15-12-11(13(16)18)10-8(14(19)20)3-1-4-9(10)21-12/h7-8,17H,1-6H2,(H,19,20). The lowest BCUT2D eigenvalue weighted by molar-refractivity contribution is -0.139. The predicted octanol–water partition coefficient (Wildman–Crippen LogP) is 1.34. The summed E-state index contributed by atoms with van der Waals surface area (Å²) in [5.41, 5.74) is 0.476. The Morgan fingerprint density at radius 2 is 2.33 bits per heavy atom. The van der Waals surface area contributed by atoms with Crippen LogP contribution in [0.4, 0.5) is 0 Å². The van der Waals surface area contributed by atoms with E-state index in [1.807, 2.05) is 0 Å². The molecule has 1 aliphatic carbocycles. The van der Waals surface area contributed by atoms with Gasteiger partial charge in [0.1, 0.15) is 4.83 Å². The SMILES string of the molecule is O=C(O)C1CCCc2sc3ncn(CCCO)c(=O)c3c21. The molecule has 21 heavy (non-hydrogen) atoms. The summed E-state index contributed by atoms with van der Waals surface area (Å²) in [5, 5.41) is 18.8. The molecule has 0 aliphatic heterocycles. The van der Waals surface area contributed by atoms with Crippen molar-refractivity contribution < 1.29 is 15.0 Å². The van der Waals surface area contributed by atoms with Crippen LogP contribution in [-0.4, -0.2) is 32.3 Å². The Balaban J connectivity index is 2.20. The molecule has 2 aromatic heterocycles. The first-order valence-electron chi connectivity index (χ1n) is 6.98. The summed E-state index contributed by atoms with van der Waals surface area (Å²) in [4.78, 5) is 30.0. The molecule has 0 radical (unpaired) electrons. The van der Waals surface area contributed by atoms with Crippen LogP contribution in [0.5, 0.6) is 0 Å². The third kappa shape index (κ3) is 2.36. The summed E-state index contributed by atoms with van der Waals surface area (Å²) < 4.78 is 1.46. The van der Waals surface area contributed by atoms with Crippen molar-refractivity contribution in [3.63, 3.8) is 0 Å². The van der Waals surface area contributed by atoms with Crippen molar-refractivity contribution in [1.29, 1.82) is 0 Å². The van der Waals surface area contributed by atoms with Crippen LogP contribution in [0, 0.1) is 0 Å². The maximum Gasteiger partial charge on any atom is 0.311 e. The molecule has 6 nitrogen and oxygen atoms in total. The number of hydrogen-bond donors (Lipinski definition) is 2. The summed E-state index contributed by atoms with van der Waals surface area (Å²) in [7, 11) is 0. The van der Waals surface area contributed by atoms with Gasteiger partial charge in [-0.05, 0) is 31.2 Å². The molecule has 0 bridgehead atoms. The van der Waals surface area contributed by atoms with Gasteiger partial charge in [-0.3, -0.25) is 14.2 Å². The second-order valence-electron chi connectivity index (χ2n) is 5.22. The number of carboxylic acid groups (broad SMARTS) is 1. The van der Waals surface area contributed by atoms with Gasteiger partial charge in [-0.25, -0.2) is 4.98 Å². The fraction of sp³-hybridized carbons (Fsp3) is 0.500. The van der Waals surface area contributed by atoms with Crippen LogP contribution in [0.1, 0.15) is 35.6 Å². The molecule has 1 unspecified atom stereocenters. The van der Waals surface area contributed by atoms with Crippen molar-refractivity contribution in [2.24, 2.45) is 0 Å². The zero-order chi connectivity index (χ0) is 15.0. The van der Waals surface area contributed by atoms with Gasteiger partial charge < -0.3 is 10.2 Å². The number of hydrogen-bond acceptors (Lipinski definition) is 5. The van der Waals surface area contributed by atoms with Crippen LogP contribution in [0.25, 0.3) is 10.2 Å². The topological polar surface area (TPSA) is 92.4 Å². The second-order valence-corrected chi connectivity index (χ2v) is 6.31. The Bertz CT molecular complexity index is 749. The minimum Gasteiger partial charge on any atom is -0.481 e. The first-order chi connectivity index (χ1) is 10.1. The van der Waals surface area contributed by atoms with Gasteiger partial charge >= 0.3 is 5.97 Å². The average molecular weight is 308 g/mol. The number of aliphatic carboxylic acids is 1. The number of aliphatic hydroxyl groups is 1. The van der Waals surface area contributed by atoms with Crippen molar-refractivity contribution in [3.05, 3.63) is 27.1 Å². The molecule has 1 aliphatic rings. The van der Waals surface area contributed by atoms with E-state index in [1.54, 1.807) is 0 Å². The van der Waals surface area contributed by atoms with Crippen molar-refractivity contribution in [2.75, 3.05) is 6.61 Å². The van der Waals surface area contributed by atoms with E-state index in [9.17, 15) is 14.7 Å². The van der Waals surface area contributed by atoms with Crippen molar-refractivity contribution in [2.45, 2.75) is 38.1 Å². The van der Waals surface area contributed by atoms with Gasteiger partial charge in [0.2, 0.25) is 0 Å². The molecule has 0 fully saturated rings. The van der Waals surface area contributed by atoms with Crippen molar-refractivity contribution in [1.82, 2.24) is 9.55 Å². The zero-order valence-corrected chi connectivity index (χ0v) is 12.2. The van der Waals surface area contributed by atoms with E-state index in [4.69, 9.17) is 5.11 Å². The molecule has 0 aromatic carbocycles. The Kier molecular flexibility index (Phi) is 3.77. The summed E-state index contributed by atoms with van der Waals surface area (Å²) in [6.45, 7) is 0.393. The van der Waals surface area contributed by atoms with E-state index >= 15 is 0 Å². The van der Waals surface area contributed by atoms with Gasteiger partial charge in [0.25, 0.3) is 5.56 Å². The minimum absolute atomic E-state index is 0.00394. The van der Waals surface area contributed by atoms with E-state index < -0.39 is 11.9 Å². The number of rotatable bonds is 4. The molecule has 0 amide bonds. The highest BCUT2D eigenvalue weighted by Gasteiger charge is 2.31. The average Bonchev–Trinajstić information content (AvgIpc) is 2.85. The third-order valence-electron chi connectivity index (χ3n) is 3.89. The zero-order valence-electron chi connectivity index (χ0n) is 11.4. The Morgan fingerprint density at radius 3 is 3.05 bits per heavy atom. The first-order valence-corrected chi connectivity index (χ1v) is 7.79. The second kappa shape index (κ2) is 5.57. The Hall–Kier alpha value is -1.73. The quantitative estimate of drug-likeness (QED) is 0.889. The lowest BCUT2D eigenvalue weighted by Gasteiger charge is -2.18. The Labute approximate surface area is 124 Å². The highest BCUT2D eigenvalue weighted by atomic mass is 32.1. The third-order valence-corrected chi connectivity index (χ3v) is 5.07. The maximum absolute atomic E-state index is 12.6. The molecule has 7 heteroatoms. The van der Waals surface area contributed by atoms with Crippen LogP contribution < -0.4 is 5.56 Å². The van der Waals surface area contributed by atoms with E-state index in [2.05, 4.69) is 4.98 Å². The normalized spacial score (nSPS) is 17.9. The molecule has 0 saturated heterocycles. The van der Waals surface area contributed by atoms with E-state index in [0.29, 0.717) is 35.2 Å². The molecule has 112 valence electrons. The summed E-state index contributed by atoms with van der Waals surface area (Å²) in [6, 6.07) is 0. The van der Waals surface area contributed by atoms with E-state index in [1.165, 1.54) is 22.2 Å². The highest BCUT2D eigenvalue weighted by Crippen LogP contribution is 2.40. The van der Waals surface area contributed by atoms with Crippen LogP contribution >= 0.6 is 11.3 Å². The molecule has 2 heterocycles. The molecule has 2 N–H and O–H groups in total. The van der Waals surface area contributed by atoms with Crippen LogP contribution in [0.3, 0.4) is 0 Å². The molecular weight excluding hydrogens is 292 g/mol. The van der Waals surface area contributed by atoms with Crippen LogP contribution in [0.2, 0.25) is 0 Å². The van der Waals surface area contributed by atoms with E-state index in [0.717, 1.165) is 17.7 Å². The van der Waals surface area contributed by atoms with Crippen molar-refractivity contribution >= 4 is 27.5 Å². The lowest BCUT2D eigenvalue weighted by atomic mass is 9.86. The monoisotopic (exact) mass is 308 g/mol. The van der Waals surface area contributed by atoms with Gasteiger partial charge in [-0.1, -0.05) is 0 Å². The number of aryl methyl sites for hydroxylation is 2. The van der Waals surface area contributed by atoms with Gasteiger partial charge in [-0.2, -0.15) is 0 Å². The number of aliphatic hydroxyl groups excluding tert-OH is 1. The molecule has 1 atom stereocenters. The molecule has 0 spiro atoms. The maximum atomic E-state index is 12.6. The molecule has 0 saturated carbocycles. The number of carbonyl (C=O) groups is 1. The minimum atomic E-state index is -0.874. The van der Waals surface area contributed by atoms with Gasteiger partial charge in [0.05, 0.1) is 17.6 Å².